The van der Waals surface area contributed by atoms with E-state index in [0.29, 0.717) is 18.5 Å². The fourth-order valence-electron chi connectivity index (χ4n) is 2.55. The molecule has 0 radical (unpaired) electrons. The van der Waals surface area contributed by atoms with E-state index < -0.39 is 5.97 Å². The molecule has 0 saturated carbocycles. The number of carboxylic acid groups (broad SMARTS) is 1. The Kier molecular flexibility index (Phi) is 4.66. The van der Waals surface area contributed by atoms with Crippen LogP contribution in [0.3, 0.4) is 0 Å². The Balaban J connectivity index is 1.52. The predicted molar refractivity (Wildman–Crippen MR) is 86.0 cm³/mol. The number of aromatic nitrogens is 2. The number of hydrogen-bond acceptors (Lipinski definition) is 5. The van der Waals surface area contributed by atoms with Gasteiger partial charge in [0.2, 0.25) is 0 Å². The largest absolute Gasteiger partial charge is 0.477 e. The van der Waals surface area contributed by atoms with Crippen molar-refractivity contribution in [2.45, 2.75) is 32.1 Å². The maximum Gasteiger partial charge on any atom is 0.354 e. The molecule has 1 aliphatic carbocycles. The first-order chi connectivity index (χ1) is 11.1. The number of nitrogens with one attached hydrogen (secondary N) is 1. The summed E-state index contributed by atoms with van der Waals surface area (Å²) in [5.41, 5.74) is 1.51. The number of carboxylic acids is 1. The molecule has 2 N–H and O–H groups in total. The first-order valence-electron chi connectivity index (χ1n) is 7.58. The third-order valence-electron chi connectivity index (χ3n) is 3.76. The minimum Gasteiger partial charge on any atom is -0.477 e. The molecule has 0 saturated heterocycles. The zero-order valence-electron chi connectivity index (χ0n) is 12.5. The van der Waals surface area contributed by atoms with Crippen LogP contribution in [0, 0.1) is 0 Å². The van der Waals surface area contributed by atoms with Gasteiger partial charge in [0.15, 0.2) is 0 Å². The summed E-state index contributed by atoms with van der Waals surface area (Å²) < 4.78 is 0. The van der Waals surface area contributed by atoms with Crippen LogP contribution < -0.4 is 5.32 Å². The Morgan fingerprint density at radius 3 is 2.78 bits per heavy atom. The molecular formula is C16H17N3O3S. The van der Waals surface area contributed by atoms with Gasteiger partial charge in [0.05, 0.1) is 16.3 Å². The number of thiazole rings is 1. The summed E-state index contributed by atoms with van der Waals surface area (Å²) in [6.45, 7) is 0.506. The first kappa shape index (κ1) is 15.6. The lowest BCUT2D eigenvalue weighted by atomic mass is 10.0. The zero-order chi connectivity index (χ0) is 16.2. The summed E-state index contributed by atoms with van der Waals surface area (Å²) >= 11 is 1.75. The van der Waals surface area contributed by atoms with Gasteiger partial charge in [0, 0.05) is 24.0 Å². The van der Waals surface area contributed by atoms with Crippen molar-refractivity contribution in [2.75, 3.05) is 6.54 Å². The average molecular weight is 331 g/mol. The van der Waals surface area contributed by atoms with Gasteiger partial charge < -0.3 is 10.4 Å². The van der Waals surface area contributed by atoms with E-state index in [1.165, 1.54) is 41.7 Å². The molecule has 0 aliphatic heterocycles. The molecule has 3 rings (SSSR count). The van der Waals surface area contributed by atoms with Crippen molar-refractivity contribution < 1.29 is 14.7 Å². The van der Waals surface area contributed by atoms with Crippen molar-refractivity contribution in [1.82, 2.24) is 15.3 Å². The van der Waals surface area contributed by atoms with Crippen molar-refractivity contribution >= 4 is 23.2 Å². The van der Waals surface area contributed by atoms with Crippen molar-refractivity contribution in [2.24, 2.45) is 0 Å². The van der Waals surface area contributed by atoms with Crippen LogP contribution in [-0.4, -0.2) is 33.5 Å². The van der Waals surface area contributed by atoms with E-state index in [4.69, 9.17) is 5.11 Å². The number of hydrogen-bond donors (Lipinski definition) is 2. The van der Waals surface area contributed by atoms with Crippen LogP contribution >= 0.6 is 11.3 Å². The van der Waals surface area contributed by atoms with Gasteiger partial charge in [-0.25, -0.2) is 14.8 Å². The van der Waals surface area contributed by atoms with E-state index in [-0.39, 0.29) is 11.6 Å². The van der Waals surface area contributed by atoms with Gasteiger partial charge in [-0.3, -0.25) is 4.79 Å². The fourth-order valence-corrected chi connectivity index (χ4v) is 3.71. The molecule has 2 heterocycles. The maximum atomic E-state index is 12.0. The highest BCUT2D eigenvalue weighted by atomic mass is 32.1. The molecule has 2 aromatic rings. The summed E-state index contributed by atoms with van der Waals surface area (Å²) in [7, 11) is 0. The second-order valence-corrected chi connectivity index (χ2v) is 6.60. The van der Waals surface area contributed by atoms with Crippen LogP contribution in [0.5, 0.6) is 0 Å². The van der Waals surface area contributed by atoms with Crippen LogP contribution in [0.4, 0.5) is 0 Å². The first-order valence-corrected chi connectivity index (χ1v) is 8.40. The van der Waals surface area contributed by atoms with Gasteiger partial charge in [0.25, 0.3) is 5.91 Å². The zero-order valence-corrected chi connectivity index (χ0v) is 13.4. The molecule has 0 bridgehead atoms. The quantitative estimate of drug-likeness (QED) is 0.875. The molecule has 0 unspecified atom stereocenters. The van der Waals surface area contributed by atoms with E-state index in [9.17, 15) is 9.59 Å². The average Bonchev–Trinajstić information content (AvgIpc) is 2.97. The number of fused-ring (bicyclic) bond motifs is 1. The van der Waals surface area contributed by atoms with Crippen LogP contribution in [0.25, 0.3) is 0 Å². The van der Waals surface area contributed by atoms with Gasteiger partial charge in [-0.1, -0.05) is 0 Å². The van der Waals surface area contributed by atoms with Gasteiger partial charge in [0.1, 0.15) is 5.69 Å². The van der Waals surface area contributed by atoms with Crippen LogP contribution in [0.1, 0.15) is 49.3 Å². The SMILES string of the molecule is O=C(NCCc1nc2c(s1)CCCC2)c1ccc(C(=O)O)nc1. The monoisotopic (exact) mass is 331 g/mol. The number of carbonyl (C=O) groups excluding carboxylic acids is 1. The maximum absolute atomic E-state index is 12.0. The molecular weight excluding hydrogens is 314 g/mol. The predicted octanol–water partition coefficient (Wildman–Crippen LogP) is 2.09. The number of aryl methyl sites for hydroxylation is 2. The van der Waals surface area contributed by atoms with Gasteiger partial charge in [-0.15, -0.1) is 11.3 Å². The minimum absolute atomic E-state index is 0.0742. The summed E-state index contributed by atoms with van der Waals surface area (Å²) in [5, 5.41) is 12.7. The number of carbonyl (C=O) groups is 2. The van der Waals surface area contributed by atoms with E-state index in [1.807, 2.05) is 0 Å². The topological polar surface area (TPSA) is 92.2 Å². The molecule has 7 heteroatoms. The van der Waals surface area contributed by atoms with Gasteiger partial charge in [-0.2, -0.15) is 0 Å². The summed E-state index contributed by atoms with van der Waals surface area (Å²) in [4.78, 5) is 32.5. The minimum atomic E-state index is -1.11. The van der Waals surface area contributed by atoms with E-state index >= 15 is 0 Å². The molecule has 120 valence electrons. The molecule has 0 spiro atoms. The van der Waals surface area contributed by atoms with Crippen LogP contribution in [0.2, 0.25) is 0 Å². The summed E-state index contributed by atoms with van der Waals surface area (Å²) in [5.74, 6) is -1.36. The summed E-state index contributed by atoms with van der Waals surface area (Å²) in [6, 6.07) is 2.79. The lowest BCUT2D eigenvalue weighted by molar-refractivity contribution is 0.0689. The smallest absolute Gasteiger partial charge is 0.354 e. The number of nitrogens with zero attached hydrogens (tertiary/aromatic N) is 2. The van der Waals surface area contributed by atoms with Gasteiger partial charge >= 0.3 is 5.97 Å². The highest BCUT2D eigenvalue weighted by molar-refractivity contribution is 7.11. The van der Waals surface area contributed by atoms with Crippen molar-refractivity contribution in [3.05, 3.63) is 45.2 Å². The van der Waals surface area contributed by atoms with Crippen molar-refractivity contribution in [3.63, 3.8) is 0 Å². The Bertz CT molecular complexity index is 701. The van der Waals surface area contributed by atoms with Gasteiger partial charge in [-0.05, 0) is 37.8 Å². The normalized spacial score (nSPS) is 13.4. The molecule has 0 atom stereocenters. The lowest BCUT2D eigenvalue weighted by Gasteiger charge is -2.06. The molecule has 6 nitrogen and oxygen atoms in total. The second-order valence-electron chi connectivity index (χ2n) is 5.43. The number of aromatic carboxylic acids is 1. The Morgan fingerprint density at radius 1 is 1.26 bits per heavy atom. The molecule has 23 heavy (non-hydrogen) atoms. The fraction of sp³-hybridized carbons (Fsp3) is 0.375. The van der Waals surface area contributed by atoms with Crippen molar-refractivity contribution in [1.29, 1.82) is 0 Å². The number of pyridine rings is 1. The Labute approximate surface area is 137 Å². The number of amides is 1. The lowest BCUT2D eigenvalue weighted by Crippen LogP contribution is -2.25. The van der Waals surface area contributed by atoms with Crippen molar-refractivity contribution in [3.8, 4) is 0 Å². The van der Waals surface area contributed by atoms with Crippen LogP contribution in [-0.2, 0) is 19.3 Å². The standard InChI is InChI=1S/C16H17N3O3S/c20-15(10-5-6-12(16(21)22)18-9-10)17-8-7-14-19-11-3-1-2-4-13(11)23-14/h5-6,9H,1-4,7-8H2,(H,17,20)(H,21,22). The Morgan fingerprint density at radius 2 is 2.09 bits per heavy atom. The highest BCUT2D eigenvalue weighted by Crippen LogP contribution is 2.26. The third kappa shape index (κ3) is 3.73. The highest BCUT2D eigenvalue weighted by Gasteiger charge is 2.15. The Hall–Kier alpha value is -2.28. The second kappa shape index (κ2) is 6.87. The molecule has 0 aromatic carbocycles. The molecule has 2 aromatic heterocycles. The molecule has 0 fully saturated rings. The molecule has 1 aliphatic rings. The summed E-state index contributed by atoms with van der Waals surface area (Å²) in [6.07, 6.45) is 6.64. The van der Waals surface area contributed by atoms with E-state index in [2.05, 4.69) is 15.3 Å². The number of rotatable bonds is 5. The van der Waals surface area contributed by atoms with E-state index in [1.54, 1.807) is 11.3 Å². The third-order valence-corrected chi connectivity index (χ3v) is 4.98. The molecule has 1 amide bonds. The van der Waals surface area contributed by atoms with Crippen LogP contribution in [0.15, 0.2) is 18.3 Å². The van der Waals surface area contributed by atoms with E-state index in [0.717, 1.165) is 17.8 Å².